The molecule has 0 aliphatic rings. The van der Waals surface area contributed by atoms with E-state index in [0.29, 0.717) is 5.69 Å². The van der Waals surface area contributed by atoms with E-state index in [1.807, 2.05) is 6.07 Å². The topological polar surface area (TPSA) is 60.2 Å². The summed E-state index contributed by atoms with van der Waals surface area (Å²) >= 11 is 0. The van der Waals surface area contributed by atoms with Crippen LogP contribution < -0.4 is 4.90 Å². The molecule has 0 fully saturated rings. The largest absolute Gasteiger partial charge is 0.395 e. The fraction of sp³-hybridized carbons (Fsp3) is 0.400. The van der Waals surface area contributed by atoms with Crippen molar-refractivity contribution in [2.75, 3.05) is 24.6 Å². The smallest absolute Gasteiger partial charge is 0.255 e. The molecule has 0 atom stereocenters. The van der Waals surface area contributed by atoms with Crippen molar-refractivity contribution in [1.29, 1.82) is 5.26 Å². The van der Waals surface area contributed by atoms with Gasteiger partial charge in [-0.15, -0.1) is 0 Å². The number of aliphatic hydroxyl groups is 1. The molecule has 1 aromatic rings. The zero-order valence-electron chi connectivity index (χ0n) is 8.48. The second kappa shape index (κ2) is 5.98. The predicted molar refractivity (Wildman–Crippen MR) is 54.3 cm³/mol. The Bertz CT molecular complexity index is 379. The van der Waals surface area contributed by atoms with Gasteiger partial charge in [-0.2, -0.15) is 5.26 Å². The minimum Gasteiger partial charge on any atom is -0.395 e. The summed E-state index contributed by atoms with van der Waals surface area (Å²) in [5.74, 6) is 0. The SMILES string of the molecule is N#Cc1ccncc1N(CCO)CC(F)F. The van der Waals surface area contributed by atoms with Gasteiger partial charge in [-0.1, -0.05) is 0 Å². The maximum atomic E-state index is 12.3. The molecule has 0 unspecified atom stereocenters. The molecule has 1 rings (SSSR count). The van der Waals surface area contributed by atoms with Crippen molar-refractivity contribution >= 4 is 5.69 Å². The van der Waals surface area contributed by atoms with E-state index in [1.54, 1.807) is 0 Å². The van der Waals surface area contributed by atoms with Crippen molar-refractivity contribution in [2.24, 2.45) is 0 Å². The van der Waals surface area contributed by atoms with Gasteiger partial charge in [-0.05, 0) is 6.07 Å². The molecule has 4 nitrogen and oxygen atoms in total. The number of halogens is 2. The Hall–Kier alpha value is -1.74. The van der Waals surface area contributed by atoms with E-state index >= 15 is 0 Å². The molecule has 0 saturated heterocycles. The lowest BCUT2D eigenvalue weighted by Gasteiger charge is -2.23. The average Bonchev–Trinajstić information content (AvgIpc) is 2.28. The van der Waals surface area contributed by atoms with Crippen LogP contribution >= 0.6 is 0 Å². The quantitative estimate of drug-likeness (QED) is 0.815. The third kappa shape index (κ3) is 3.14. The van der Waals surface area contributed by atoms with Crippen LogP contribution in [0.2, 0.25) is 0 Å². The third-order valence-corrected chi connectivity index (χ3v) is 1.99. The van der Waals surface area contributed by atoms with Crippen molar-refractivity contribution in [3.8, 4) is 6.07 Å². The molecule has 0 spiro atoms. The summed E-state index contributed by atoms with van der Waals surface area (Å²) in [6, 6.07) is 3.35. The Morgan fingerprint density at radius 3 is 2.88 bits per heavy atom. The van der Waals surface area contributed by atoms with Gasteiger partial charge in [0.2, 0.25) is 0 Å². The van der Waals surface area contributed by atoms with Crippen LogP contribution in [-0.2, 0) is 0 Å². The van der Waals surface area contributed by atoms with Crippen LogP contribution in [0.3, 0.4) is 0 Å². The van der Waals surface area contributed by atoms with Crippen molar-refractivity contribution in [3.63, 3.8) is 0 Å². The number of pyridine rings is 1. The Morgan fingerprint density at radius 1 is 1.56 bits per heavy atom. The predicted octanol–water partition coefficient (Wildman–Crippen LogP) is 1.02. The molecule has 16 heavy (non-hydrogen) atoms. The third-order valence-electron chi connectivity index (χ3n) is 1.99. The molecular weight excluding hydrogens is 216 g/mol. The lowest BCUT2D eigenvalue weighted by atomic mass is 10.2. The van der Waals surface area contributed by atoms with Gasteiger partial charge in [0.05, 0.1) is 30.6 Å². The first-order valence-electron chi connectivity index (χ1n) is 4.67. The van der Waals surface area contributed by atoms with E-state index in [2.05, 4.69) is 4.98 Å². The Kier molecular flexibility index (Phi) is 4.61. The summed E-state index contributed by atoms with van der Waals surface area (Å²) in [5, 5.41) is 17.6. The van der Waals surface area contributed by atoms with E-state index in [0.717, 1.165) is 0 Å². The van der Waals surface area contributed by atoms with Gasteiger partial charge in [0, 0.05) is 12.7 Å². The highest BCUT2D eigenvalue weighted by molar-refractivity contribution is 5.57. The molecule has 1 aromatic heterocycles. The first-order valence-corrected chi connectivity index (χ1v) is 4.67. The van der Waals surface area contributed by atoms with Crippen LogP contribution in [0, 0.1) is 11.3 Å². The standard InChI is InChI=1S/C10H11F2N3O/c11-10(12)7-15(3-4-16)9-6-14-2-1-8(9)5-13/h1-2,6,10,16H,3-4,7H2. The number of aliphatic hydroxyl groups excluding tert-OH is 1. The van der Waals surface area contributed by atoms with E-state index in [4.69, 9.17) is 10.4 Å². The zero-order valence-corrected chi connectivity index (χ0v) is 8.48. The number of hydrogen-bond donors (Lipinski definition) is 1. The highest BCUT2D eigenvalue weighted by Gasteiger charge is 2.15. The molecule has 1 heterocycles. The zero-order chi connectivity index (χ0) is 12.0. The van der Waals surface area contributed by atoms with Gasteiger partial charge < -0.3 is 10.0 Å². The van der Waals surface area contributed by atoms with Crippen LogP contribution in [0.4, 0.5) is 14.5 Å². The summed E-state index contributed by atoms with van der Waals surface area (Å²) < 4.78 is 24.6. The number of hydrogen-bond acceptors (Lipinski definition) is 4. The highest BCUT2D eigenvalue weighted by atomic mass is 19.3. The molecule has 0 bridgehead atoms. The van der Waals surface area contributed by atoms with Gasteiger partial charge in [-0.25, -0.2) is 8.78 Å². The molecule has 0 aliphatic heterocycles. The lowest BCUT2D eigenvalue weighted by Crippen LogP contribution is -2.32. The number of nitriles is 1. The first-order chi connectivity index (χ1) is 7.69. The summed E-state index contributed by atoms with van der Waals surface area (Å²) in [4.78, 5) is 5.03. The maximum Gasteiger partial charge on any atom is 0.255 e. The molecule has 6 heteroatoms. The molecule has 0 amide bonds. The van der Waals surface area contributed by atoms with Gasteiger partial charge in [0.1, 0.15) is 6.07 Å². The van der Waals surface area contributed by atoms with Gasteiger partial charge in [0.15, 0.2) is 0 Å². The van der Waals surface area contributed by atoms with Crippen molar-refractivity contribution in [1.82, 2.24) is 4.98 Å². The molecule has 0 radical (unpaired) electrons. The minimum atomic E-state index is -2.53. The van der Waals surface area contributed by atoms with E-state index in [9.17, 15) is 8.78 Å². The second-order valence-electron chi connectivity index (χ2n) is 3.07. The Morgan fingerprint density at radius 2 is 2.31 bits per heavy atom. The number of alkyl halides is 2. The monoisotopic (exact) mass is 227 g/mol. The second-order valence-corrected chi connectivity index (χ2v) is 3.07. The van der Waals surface area contributed by atoms with Crippen molar-refractivity contribution in [3.05, 3.63) is 24.0 Å². The minimum absolute atomic E-state index is 0.0463. The maximum absolute atomic E-state index is 12.3. The average molecular weight is 227 g/mol. The van der Waals surface area contributed by atoms with Crippen molar-refractivity contribution < 1.29 is 13.9 Å². The first kappa shape index (κ1) is 12.3. The Labute approximate surface area is 91.8 Å². The van der Waals surface area contributed by atoms with Gasteiger partial charge >= 0.3 is 0 Å². The van der Waals surface area contributed by atoms with Crippen LogP contribution in [0.15, 0.2) is 18.5 Å². The fourth-order valence-corrected chi connectivity index (χ4v) is 1.33. The molecular formula is C10H11F2N3O. The van der Waals surface area contributed by atoms with Gasteiger partial charge in [0.25, 0.3) is 6.43 Å². The number of aromatic nitrogens is 1. The number of anilines is 1. The Balaban J connectivity index is 2.96. The van der Waals surface area contributed by atoms with Crippen LogP contribution in [0.1, 0.15) is 5.56 Å². The molecule has 0 aromatic carbocycles. The molecule has 0 aliphatic carbocycles. The normalized spacial score (nSPS) is 10.2. The summed E-state index contributed by atoms with van der Waals surface area (Å²) in [5.41, 5.74) is 0.587. The van der Waals surface area contributed by atoms with Crippen LogP contribution in [0.25, 0.3) is 0 Å². The fourth-order valence-electron chi connectivity index (χ4n) is 1.33. The summed E-state index contributed by atoms with van der Waals surface area (Å²) in [7, 11) is 0. The highest BCUT2D eigenvalue weighted by Crippen LogP contribution is 2.18. The van der Waals surface area contributed by atoms with Crippen LogP contribution in [-0.4, -0.2) is 36.2 Å². The summed E-state index contributed by atoms with van der Waals surface area (Å²) in [6.07, 6.45) is 0.233. The van der Waals surface area contributed by atoms with Gasteiger partial charge in [-0.3, -0.25) is 4.98 Å². The molecule has 1 N–H and O–H groups in total. The van der Waals surface area contributed by atoms with Crippen LogP contribution in [0.5, 0.6) is 0 Å². The number of rotatable bonds is 5. The number of nitrogens with zero attached hydrogens (tertiary/aromatic N) is 3. The lowest BCUT2D eigenvalue weighted by molar-refractivity contribution is 0.153. The molecule has 86 valence electrons. The van der Waals surface area contributed by atoms with E-state index < -0.39 is 13.0 Å². The van der Waals surface area contributed by atoms with E-state index in [1.165, 1.54) is 23.4 Å². The van der Waals surface area contributed by atoms with Crippen molar-refractivity contribution in [2.45, 2.75) is 6.43 Å². The molecule has 0 saturated carbocycles. The summed E-state index contributed by atoms with van der Waals surface area (Å²) in [6.45, 7) is -0.738. The van der Waals surface area contributed by atoms with E-state index in [-0.39, 0.29) is 18.7 Å².